The zero-order chi connectivity index (χ0) is 22.7. The van der Waals surface area contributed by atoms with E-state index in [9.17, 15) is 9.59 Å². The fraction of sp³-hybridized carbons (Fsp3) is 0.200. The first kappa shape index (κ1) is 21.8. The third-order valence-corrected chi connectivity index (χ3v) is 6.50. The largest absolute Gasteiger partial charge is 0.497 e. The molecule has 0 aliphatic carbocycles. The van der Waals surface area contributed by atoms with Gasteiger partial charge in [0.05, 0.1) is 25.7 Å². The summed E-state index contributed by atoms with van der Waals surface area (Å²) in [6.07, 6.45) is 0. The number of rotatable bonds is 6. The molecule has 0 bridgehead atoms. The summed E-state index contributed by atoms with van der Waals surface area (Å²) >= 11 is 1.51. The number of hydrogen-bond acceptors (Lipinski definition) is 5. The molecule has 3 aromatic carbocycles. The molecule has 0 radical (unpaired) electrons. The van der Waals surface area contributed by atoms with Crippen LogP contribution in [-0.2, 0) is 4.79 Å². The summed E-state index contributed by atoms with van der Waals surface area (Å²) in [5.74, 6) is 1.30. The zero-order valence-corrected chi connectivity index (χ0v) is 18.9. The van der Waals surface area contributed by atoms with Crippen LogP contribution in [0.2, 0.25) is 0 Å². The second-order valence-corrected chi connectivity index (χ2v) is 8.44. The normalized spacial score (nSPS) is 15.5. The van der Waals surface area contributed by atoms with Gasteiger partial charge in [-0.15, -0.1) is 11.8 Å². The number of nitrogens with one attached hydrogen (secondary N) is 1. The highest BCUT2D eigenvalue weighted by Crippen LogP contribution is 2.47. The highest BCUT2D eigenvalue weighted by molar-refractivity contribution is 8.00. The van der Waals surface area contributed by atoms with Crippen molar-refractivity contribution >= 4 is 35.0 Å². The van der Waals surface area contributed by atoms with E-state index in [4.69, 9.17) is 9.47 Å². The Bertz CT molecular complexity index is 1150. The Morgan fingerprint density at radius 2 is 1.78 bits per heavy atom. The lowest BCUT2D eigenvalue weighted by Crippen LogP contribution is -2.29. The molecule has 32 heavy (non-hydrogen) atoms. The van der Waals surface area contributed by atoms with Gasteiger partial charge in [-0.2, -0.15) is 0 Å². The molecule has 0 saturated carbocycles. The average molecular weight is 449 g/mol. The number of thioether (sulfide) groups is 1. The summed E-state index contributed by atoms with van der Waals surface area (Å²) in [4.78, 5) is 27.5. The van der Waals surface area contributed by atoms with E-state index in [1.165, 1.54) is 11.8 Å². The number of amides is 2. The summed E-state index contributed by atoms with van der Waals surface area (Å²) in [7, 11) is 3.16. The molecule has 0 unspecified atom stereocenters. The molecule has 1 saturated heterocycles. The van der Waals surface area contributed by atoms with Gasteiger partial charge in [0.25, 0.3) is 5.91 Å². The van der Waals surface area contributed by atoms with Gasteiger partial charge in [-0.3, -0.25) is 14.5 Å². The molecule has 4 rings (SSSR count). The van der Waals surface area contributed by atoms with Gasteiger partial charge in [-0.1, -0.05) is 35.9 Å². The molecule has 1 aliphatic heterocycles. The van der Waals surface area contributed by atoms with Gasteiger partial charge in [0.1, 0.15) is 16.9 Å². The fourth-order valence-corrected chi connectivity index (χ4v) is 4.83. The van der Waals surface area contributed by atoms with Crippen molar-refractivity contribution in [2.45, 2.75) is 12.3 Å². The van der Waals surface area contributed by atoms with Crippen molar-refractivity contribution in [2.75, 3.05) is 30.2 Å². The molecular weight excluding hydrogens is 424 g/mol. The molecule has 7 heteroatoms. The molecule has 0 aromatic heterocycles. The van der Waals surface area contributed by atoms with Gasteiger partial charge in [0.15, 0.2) is 0 Å². The number of hydrogen-bond donors (Lipinski definition) is 1. The third kappa shape index (κ3) is 4.29. The van der Waals surface area contributed by atoms with Crippen molar-refractivity contribution < 1.29 is 19.1 Å². The lowest BCUT2D eigenvalue weighted by Gasteiger charge is -2.27. The van der Waals surface area contributed by atoms with Gasteiger partial charge in [-0.25, -0.2) is 0 Å². The number of nitrogens with zero attached hydrogens (tertiary/aromatic N) is 1. The predicted molar refractivity (Wildman–Crippen MR) is 128 cm³/mol. The SMILES string of the molecule is COc1ccc(OC)c(N2C(=O)CS[C@@H]2c2ccccc2NC(=O)c2ccc(C)cc2)c1. The van der Waals surface area contributed by atoms with Crippen molar-refractivity contribution in [1.29, 1.82) is 0 Å². The van der Waals surface area contributed by atoms with Gasteiger partial charge >= 0.3 is 0 Å². The summed E-state index contributed by atoms with van der Waals surface area (Å²) in [6, 6.07) is 20.3. The highest BCUT2D eigenvalue weighted by Gasteiger charge is 2.37. The average Bonchev–Trinajstić information content (AvgIpc) is 3.20. The van der Waals surface area contributed by atoms with Gasteiger partial charge in [-0.05, 0) is 37.3 Å². The minimum absolute atomic E-state index is 0.0359. The molecule has 3 aromatic rings. The molecule has 1 aliphatic rings. The van der Waals surface area contributed by atoms with E-state index in [1.807, 2.05) is 43.3 Å². The molecular formula is C25H24N2O4S. The van der Waals surface area contributed by atoms with Crippen molar-refractivity contribution in [3.05, 3.63) is 83.4 Å². The summed E-state index contributed by atoms with van der Waals surface area (Å²) in [5, 5.41) is 2.69. The second kappa shape index (κ2) is 9.36. The molecule has 0 spiro atoms. The molecule has 1 fully saturated rings. The molecule has 1 heterocycles. The number of para-hydroxylation sites is 1. The topological polar surface area (TPSA) is 67.9 Å². The Hall–Kier alpha value is -3.45. The first-order valence-electron chi connectivity index (χ1n) is 10.1. The molecule has 164 valence electrons. The highest BCUT2D eigenvalue weighted by atomic mass is 32.2. The summed E-state index contributed by atoms with van der Waals surface area (Å²) in [6.45, 7) is 1.98. The molecule has 6 nitrogen and oxygen atoms in total. The Morgan fingerprint density at radius 1 is 1.03 bits per heavy atom. The Morgan fingerprint density at radius 3 is 2.50 bits per heavy atom. The number of carbonyl (C=O) groups excluding carboxylic acids is 2. The van der Waals surface area contributed by atoms with Crippen LogP contribution in [0.5, 0.6) is 11.5 Å². The number of benzene rings is 3. The Labute approximate surface area is 191 Å². The third-order valence-electron chi connectivity index (χ3n) is 5.30. The van der Waals surface area contributed by atoms with E-state index in [2.05, 4.69) is 5.32 Å². The maximum atomic E-state index is 12.9. The first-order chi connectivity index (χ1) is 15.5. The maximum Gasteiger partial charge on any atom is 0.255 e. The van der Waals surface area contributed by atoms with Crippen molar-refractivity contribution in [3.8, 4) is 11.5 Å². The van der Waals surface area contributed by atoms with Crippen LogP contribution in [0.3, 0.4) is 0 Å². The van der Waals surface area contributed by atoms with Gasteiger partial charge in [0, 0.05) is 22.9 Å². The van der Waals surface area contributed by atoms with E-state index in [0.29, 0.717) is 34.2 Å². The summed E-state index contributed by atoms with van der Waals surface area (Å²) < 4.78 is 10.9. The molecule has 1 N–H and O–H groups in total. The number of aryl methyl sites for hydroxylation is 1. The minimum Gasteiger partial charge on any atom is -0.497 e. The first-order valence-corrected chi connectivity index (χ1v) is 11.2. The standard InChI is InChI=1S/C25H24N2O4S/c1-16-8-10-17(11-9-16)24(29)26-20-7-5-4-6-19(20)25-27(23(28)15-32-25)21-14-18(30-2)12-13-22(21)31-3/h4-14,25H,15H2,1-3H3,(H,26,29)/t25-/m1/s1. The van der Waals surface area contributed by atoms with Crippen LogP contribution < -0.4 is 19.7 Å². The van der Waals surface area contributed by atoms with Crippen LogP contribution in [0.15, 0.2) is 66.7 Å². The molecule has 2 amide bonds. The lowest BCUT2D eigenvalue weighted by molar-refractivity contribution is -0.115. The fourth-order valence-electron chi connectivity index (χ4n) is 3.63. The van der Waals surface area contributed by atoms with Crippen molar-refractivity contribution in [3.63, 3.8) is 0 Å². The minimum atomic E-state index is -0.321. The van der Waals surface area contributed by atoms with Gasteiger partial charge in [0.2, 0.25) is 5.91 Å². The Kier molecular flexibility index (Phi) is 6.37. The molecule has 1 atom stereocenters. The second-order valence-electron chi connectivity index (χ2n) is 7.37. The predicted octanol–water partition coefficient (Wildman–Crippen LogP) is 5.04. The van der Waals surface area contributed by atoms with E-state index < -0.39 is 0 Å². The van der Waals surface area contributed by atoms with Crippen LogP contribution in [0.25, 0.3) is 0 Å². The van der Waals surface area contributed by atoms with E-state index in [0.717, 1.165) is 11.1 Å². The number of ether oxygens (including phenoxy) is 2. The Balaban J connectivity index is 1.70. The van der Waals surface area contributed by atoms with E-state index in [-0.39, 0.29) is 17.2 Å². The van der Waals surface area contributed by atoms with Crippen molar-refractivity contribution in [1.82, 2.24) is 0 Å². The van der Waals surface area contributed by atoms with Crippen LogP contribution in [0.4, 0.5) is 11.4 Å². The van der Waals surface area contributed by atoms with E-state index >= 15 is 0 Å². The van der Waals surface area contributed by atoms with E-state index in [1.54, 1.807) is 49.5 Å². The van der Waals surface area contributed by atoms with Crippen molar-refractivity contribution in [2.24, 2.45) is 0 Å². The van der Waals surface area contributed by atoms with Crippen LogP contribution >= 0.6 is 11.8 Å². The number of methoxy groups -OCH3 is 2. The smallest absolute Gasteiger partial charge is 0.255 e. The van der Waals surface area contributed by atoms with Crippen LogP contribution in [-0.4, -0.2) is 31.8 Å². The number of anilines is 2. The van der Waals surface area contributed by atoms with Gasteiger partial charge < -0.3 is 14.8 Å². The quantitative estimate of drug-likeness (QED) is 0.572. The zero-order valence-electron chi connectivity index (χ0n) is 18.1. The van der Waals surface area contributed by atoms with Crippen LogP contribution in [0.1, 0.15) is 26.9 Å². The van der Waals surface area contributed by atoms with Crippen LogP contribution in [0, 0.1) is 6.92 Å². The monoisotopic (exact) mass is 448 g/mol. The maximum absolute atomic E-state index is 12.9. The lowest BCUT2D eigenvalue weighted by atomic mass is 10.1. The summed E-state index contributed by atoms with van der Waals surface area (Å²) in [5.41, 5.74) is 3.80. The number of carbonyl (C=O) groups is 2.